The molecule has 108 valence electrons. The Hall–Kier alpha value is 1.77. The normalized spacial score (nSPS) is 24.3. The molecule has 1 aliphatic heterocycles. The minimum Gasteiger partial charge on any atom is -0.251 e. The molecular formula is C6H16Cl4N5P3. The topological polar surface area (TPSA) is 61.1 Å². The maximum Gasteiger partial charge on any atom is 0.257 e. The molecule has 0 aromatic rings. The average molecular weight is 393 g/mol. The highest BCUT2D eigenvalue weighted by molar-refractivity contribution is 8.20. The lowest BCUT2D eigenvalue weighted by atomic mass is 10.4. The molecule has 12 heteroatoms. The van der Waals surface area contributed by atoms with Gasteiger partial charge in [-0.2, -0.15) is 13.5 Å². The molecule has 0 atom stereocenters. The second-order valence-corrected chi connectivity index (χ2v) is 16.7. The standard InChI is InChI=1S/C6H16Cl4N5P3/c1-5(2)11-18(12-6(3)4)14-16(7,8)13-17(9,10)15-18/h5-6,11-12H,1-4H3. The van der Waals surface area contributed by atoms with Crippen molar-refractivity contribution >= 4 is 64.3 Å². The van der Waals surface area contributed by atoms with E-state index in [9.17, 15) is 0 Å². The number of hydrogen-bond acceptors (Lipinski definition) is 5. The summed E-state index contributed by atoms with van der Waals surface area (Å²) in [7, 11) is -2.52. The molecule has 0 bridgehead atoms. The van der Waals surface area contributed by atoms with Gasteiger partial charge in [-0.15, -0.1) is 0 Å². The third kappa shape index (κ3) is 5.64. The van der Waals surface area contributed by atoms with Crippen molar-refractivity contribution in [3.05, 3.63) is 0 Å². The second kappa shape index (κ2) is 6.26. The highest BCUT2D eigenvalue weighted by Crippen LogP contribution is 2.83. The summed E-state index contributed by atoms with van der Waals surface area (Å²) in [5, 5.41) is 6.52. The highest BCUT2D eigenvalue weighted by Gasteiger charge is 2.34. The van der Waals surface area contributed by atoms with Gasteiger partial charge in [-0.3, -0.25) is 10.2 Å². The van der Waals surface area contributed by atoms with E-state index in [1.807, 2.05) is 27.7 Å². The van der Waals surface area contributed by atoms with Crippen LogP contribution in [0.15, 0.2) is 13.5 Å². The van der Waals surface area contributed by atoms with Gasteiger partial charge in [0.2, 0.25) is 7.51 Å². The van der Waals surface area contributed by atoms with Crippen molar-refractivity contribution in [3.8, 4) is 0 Å². The lowest BCUT2D eigenvalue weighted by molar-refractivity contribution is 0.705. The van der Waals surface area contributed by atoms with Crippen molar-refractivity contribution in [2.75, 3.05) is 0 Å². The Balaban J connectivity index is 3.40. The molecule has 0 unspecified atom stereocenters. The predicted octanol–water partition coefficient (Wildman–Crippen LogP) is 6.79. The molecule has 0 amide bonds. The van der Waals surface area contributed by atoms with E-state index in [1.165, 1.54) is 0 Å². The van der Waals surface area contributed by atoms with Gasteiger partial charge in [-0.25, -0.2) is 0 Å². The molecule has 0 spiro atoms. The number of halogens is 4. The quantitative estimate of drug-likeness (QED) is 0.517. The van der Waals surface area contributed by atoms with Crippen LogP contribution in [0.5, 0.6) is 0 Å². The van der Waals surface area contributed by atoms with E-state index in [4.69, 9.17) is 45.0 Å². The monoisotopic (exact) mass is 391 g/mol. The van der Waals surface area contributed by atoms with Gasteiger partial charge < -0.3 is 0 Å². The zero-order valence-corrected chi connectivity index (χ0v) is 16.1. The zero-order valence-electron chi connectivity index (χ0n) is 10.3. The van der Waals surface area contributed by atoms with E-state index in [2.05, 4.69) is 23.7 Å². The summed E-state index contributed by atoms with van der Waals surface area (Å²) in [6.07, 6.45) is 0. The summed E-state index contributed by atoms with van der Waals surface area (Å²) in [5.74, 6) is -5.76. The molecule has 1 rings (SSSR count). The highest BCUT2D eigenvalue weighted by atomic mass is 35.9. The molecule has 1 aliphatic rings. The van der Waals surface area contributed by atoms with Crippen LogP contribution in [-0.2, 0) is 0 Å². The molecule has 1 heterocycles. The molecule has 0 radical (unpaired) electrons. The van der Waals surface area contributed by atoms with Gasteiger partial charge in [0.25, 0.3) is 11.8 Å². The van der Waals surface area contributed by atoms with Crippen LogP contribution in [0.3, 0.4) is 0 Å². The molecule has 0 fully saturated rings. The van der Waals surface area contributed by atoms with Crippen LogP contribution in [-0.4, -0.2) is 12.1 Å². The Labute approximate surface area is 127 Å². The van der Waals surface area contributed by atoms with Gasteiger partial charge in [-0.05, 0) is 72.7 Å². The summed E-state index contributed by atoms with van der Waals surface area (Å²) in [5.41, 5.74) is 0. The lowest BCUT2D eigenvalue weighted by Gasteiger charge is -2.31. The molecule has 5 nitrogen and oxygen atoms in total. The van der Waals surface area contributed by atoms with E-state index in [-0.39, 0.29) is 12.1 Å². The first-order chi connectivity index (χ1) is 7.95. The molecule has 18 heavy (non-hydrogen) atoms. The smallest absolute Gasteiger partial charge is 0.251 e. The maximum atomic E-state index is 6.10. The van der Waals surface area contributed by atoms with E-state index < -0.39 is 19.3 Å². The van der Waals surface area contributed by atoms with Crippen molar-refractivity contribution in [1.29, 1.82) is 0 Å². The minimum atomic E-state index is -2.88. The van der Waals surface area contributed by atoms with Crippen molar-refractivity contribution < 1.29 is 0 Å². The Morgan fingerprint density at radius 1 is 0.722 bits per heavy atom. The van der Waals surface area contributed by atoms with Gasteiger partial charge in [0.1, 0.15) is 0 Å². The summed E-state index contributed by atoms with van der Waals surface area (Å²) < 4.78 is 12.7. The van der Waals surface area contributed by atoms with Crippen molar-refractivity contribution in [3.63, 3.8) is 0 Å². The Kier molecular flexibility index (Phi) is 6.20. The molecular weight excluding hydrogens is 377 g/mol. The summed E-state index contributed by atoms with van der Waals surface area (Å²) in [6.45, 7) is 7.91. The van der Waals surface area contributed by atoms with Gasteiger partial charge >= 0.3 is 0 Å². The first-order valence-electron chi connectivity index (χ1n) is 5.21. The fourth-order valence-electron chi connectivity index (χ4n) is 1.36. The first-order valence-corrected chi connectivity index (χ1v) is 13.9. The summed E-state index contributed by atoms with van der Waals surface area (Å²) in [6, 6.07) is 0.272. The molecule has 0 saturated carbocycles. The van der Waals surface area contributed by atoms with Crippen LogP contribution in [0.4, 0.5) is 0 Å². The third-order valence-corrected chi connectivity index (χ3v) is 13.7. The van der Waals surface area contributed by atoms with Gasteiger partial charge in [0.05, 0.1) is 0 Å². The third-order valence-electron chi connectivity index (χ3n) is 1.57. The molecule has 2 N–H and O–H groups in total. The minimum absolute atomic E-state index is 0.136. The maximum absolute atomic E-state index is 6.10. The van der Waals surface area contributed by atoms with Gasteiger partial charge in [0.15, 0.2) is 0 Å². The van der Waals surface area contributed by atoms with Crippen molar-refractivity contribution in [2.24, 2.45) is 13.5 Å². The summed E-state index contributed by atoms with van der Waals surface area (Å²) in [4.78, 5) is 0. The first kappa shape index (κ1) is 17.8. The fourth-order valence-corrected chi connectivity index (χ4v) is 16.9. The fraction of sp³-hybridized carbons (Fsp3) is 1.00. The van der Waals surface area contributed by atoms with Crippen LogP contribution < -0.4 is 10.2 Å². The van der Waals surface area contributed by atoms with Crippen LogP contribution in [0.2, 0.25) is 0 Å². The second-order valence-electron chi connectivity index (χ2n) is 4.35. The van der Waals surface area contributed by atoms with E-state index >= 15 is 0 Å². The number of hydrogen-bond donors (Lipinski definition) is 2. The van der Waals surface area contributed by atoms with Crippen LogP contribution in [0.1, 0.15) is 27.7 Å². The number of nitrogens with one attached hydrogen (secondary N) is 2. The van der Waals surface area contributed by atoms with Crippen LogP contribution in [0, 0.1) is 0 Å². The van der Waals surface area contributed by atoms with E-state index in [0.29, 0.717) is 0 Å². The van der Waals surface area contributed by atoms with Gasteiger partial charge in [0, 0.05) is 12.1 Å². The number of nitrogens with zero attached hydrogens (tertiary/aromatic N) is 3. The Morgan fingerprint density at radius 3 is 1.44 bits per heavy atom. The SMILES string of the molecule is CC(C)NP1(NC(C)C)=NP(Cl)(Cl)=NP(Cl)(Cl)=N1. The van der Waals surface area contributed by atoms with Crippen LogP contribution >= 0.6 is 64.3 Å². The van der Waals surface area contributed by atoms with Crippen LogP contribution in [0.25, 0.3) is 0 Å². The molecule has 0 saturated heterocycles. The van der Waals surface area contributed by atoms with E-state index in [1.54, 1.807) is 0 Å². The average Bonchev–Trinajstić information content (AvgIpc) is 1.90. The summed E-state index contributed by atoms with van der Waals surface area (Å²) >= 11 is 24.4. The lowest BCUT2D eigenvalue weighted by Crippen LogP contribution is -2.30. The zero-order chi connectivity index (χ0) is 14.2. The number of rotatable bonds is 4. The largest absolute Gasteiger partial charge is 0.257 e. The molecule has 0 aromatic carbocycles. The Morgan fingerprint density at radius 2 is 1.11 bits per heavy atom. The molecule has 0 aromatic heterocycles. The van der Waals surface area contributed by atoms with Crippen molar-refractivity contribution in [1.82, 2.24) is 10.2 Å². The predicted molar refractivity (Wildman–Crippen MR) is 88.0 cm³/mol. The van der Waals surface area contributed by atoms with E-state index in [0.717, 1.165) is 0 Å². The Bertz CT molecular complexity index is 454. The molecule has 0 aliphatic carbocycles. The van der Waals surface area contributed by atoms with Gasteiger partial charge in [-0.1, -0.05) is 0 Å². The van der Waals surface area contributed by atoms with Crippen molar-refractivity contribution in [2.45, 2.75) is 39.8 Å².